The number of anilines is 2. The maximum atomic E-state index is 11.3. The maximum Gasteiger partial charge on any atom is 0.286 e. The summed E-state index contributed by atoms with van der Waals surface area (Å²) in [5, 5.41) is 17.7. The Morgan fingerprint density at radius 2 is 0.938 bits per heavy atom. The van der Waals surface area contributed by atoms with Crippen LogP contribution in [0, 0.1) is 11.3 Å². The number of carbonyl (C=O) groups excluding carboxylic acids is 1. The largest absolute Gasteiger partial charge is 0.364 e. The lowest BCUT2D eigenvalue weighted by atomic mass is 10.0. The Labute approximate surface area is 372 Å². The van der Waals surface area contributed by atoms with Crippen LogP contribution in [0.3, 0.4) is 0 Å². The third-order valence-corrected chi connectivity index (χ3v) is 10.1. The first kappa shape index (κ1) is 41.0. The fourth-order valence-electron chi connectivity index (χ4n) is 7.02. The minimum Gasteiger partial charge on any atom is -0.364 e. The number of nitrogens with zero attached hydrogens (tertiary/aromatic N) is 11. The predicted molar refractivity (Wildman–Crippen MR) is 248 cm³/mol. The number of fused-ring (bicyclic) bond motifs is 2. The van der Waals surface area contributed by atoms with Gasteiger partial charge in [0, 0.05) is 37.2 Å². The lowest BCUT2D eigenvalue weighted by Crippen LogP contribution is -2.15. The Hall–Kier alpha value is -9.42. The number of amides is 1. The number of pyridine rings is 2. The zero-order valence-corrected chi connectivity index (χ0v) is 34.5. The fraction of sp³-hybridized carbons (Fsp3) is 0.0400. The van der Waals surface area contributed by atoms with Crippen molar-refractivity contribution < 1.29 is 4.79 Å². The molecule has 1 amide bonds. The number of nitrogens with one attached hydrogen (secondary N) is 2. The molecule has 65 heavy (non-hydrogen) atoms. The van der Waals surface area contributed by atoms with Crippen LogP contribution in [-0.2, 0) is 13.1 Å². The number of hydrogen-bond donors (Lipinski definition) is 3. The summed E-state index contributed by atoms with van der Waals surface area (Å²) in [6.45, 7) is 1.01. The number of aromatic nitrogens is 10. The minimum absolute atomic E-state index is 0.0561. The van der Waals surface area contributed by atoms with Crippen LogP contribution < -0.4 is 16.4 Å². The van der Waals surface area contributed by atoms with E-state index in [0.29, 0.717) is 47.5 Å². The molecule has 0 spiro atoms. The molecule has 0 fully saturated rings. The number of primary amides is 1. The normalized spacial score (nSPS) is 10.7. The molecule has 312 valence electrons. The van der Waals surface area contributed by atoms with Crippen LogP contribution in [0.2, 0.25) is 0 Å². The van der Waals surface area contributed by atoms with E-state index >= 15 is 0 Å². The summed E-state index contributed by atoms with van der Waals surface area (Å²) in [5.41, 5.74) is 14.0. The molecule has 0 atom stereocenters. The molecule has 15 nitrogen and oxygen atoms in total. The van der Waals surface area contributed by atoms with Gasteiger partial charge in [0.15, 0.2) is 11.6 Å². The van der Waals surface area contributed by atoms with Gasteiger partial charge in [0.1, 0.15) is 17.7 Å². The quantitative estimate of drug-likeness (QED) is 0.111. The van der Waals surface area contributed by atoms with E-state index in [9.17, 15) is 4.79 Å². The average Bonchev–Trinajstić information content (AvgIpc) is 3.38. The monoisotopic (exact) mass is 848 g/mol. The lowest BCUT2D eigenvalue weighted by molar-refractivity contribution is 0.0990. The van der Waals surface area contributed by atoms with Crippen LogP contribution in [0.25, 0.3) is 66.8 Å². The van der Waals surface area contributed by atoms with Crippen molar-refractivity contribution in [2.45, 2.75) is 13.1 Å². The Morgan fingerprint density at radius 1 is 0.492 bits per heavy atom. The van der Waals surface area contributed by atoms with Gasteiger partial charge in [0.05, 0.1) is 57.4 Å². The second kappa shape index (κ2) is 19.1. The third-order valence-electron chi connectivity index (χ3n) is 10.1. The van der Waals surface area contributed by atoms with Crippen molar-refractivity contribution in [3.63, 3.8) is 0 Å². The van der Waals surface area contributed by atoms with Gasteiger partial charge in [0.25, 0.3) is 5.91 Å². The molecule has 10 aromatic rings. The van der Waals surface area contributed by atoms with Gasteiger partial charge in [-0.3, -0.25) is 14.8 Å². The number of hydrogen-bond acceptors (Lipinski definition) is 14. The van der Waals surface area contributed by atoms with Crippen LogP contribution in [0.15, 0.2) is 171 Å². The van der Waals surface area contributed by atoms with Crippen molar-refractivity contribution in [1.82, 2.24) is 49.8 Å². The zero-order valence-electron chi connectivity index (χ0n) is 34.5. The molecule has 15 heteroatoms. The second-order valence-corrected chi connectivity index (χ2v) is 14.3. The van der Waals surface area contributed by atoms with E-state index in [1.54, 1.807) is 24.8 Å². The number of nitrogens with two attached hydrogens (primary N) is 1. The van der Waals surface area contributed by atoms with Gasteiger partial charge in [-0.05, 0) is 58.7 Å². The highest BCUT2D eigenvalue weighted by Crippen LogP contribution is 2.35. The third kappa shape index (κ3) is 9.42. The van der Waals surface area contributed by atoms with Crippen molar-refractivity contribution in [1.29, 1.82) is 5.26 Å². The van der Waals surface area contributed by atoms with E-state index < -0.39 is 5.91 Å². The van der Waals surface area contributed by atoms with E-state index in [1.807, 2.05) is 103 Å². The van der Waals surface area contributed by atoms with Crippen LogP contribution in [0.5, 0.6) is 0 Å². The second-order valence-electron chi connectivity index (χ2n) is 14.3. The molecule has 0 aliphatic rings. The van der Waals surface area contributed by atoms with Gasteiger partial charge >= 0.3 is 0 Å². The Morgan fingerprint density at radius 3 is 1.35 bits per heavy atom. The van der Waals surface area contributed by atoms with Crippen LogP contribution >= 0.6 is 0 Å². The topological polar surface area (TPSA) is 220 Å². The molecule has 6 heterocycles. The van der Waals surface area contributed by atoms with E-state index in [4.69, 9.17) is 30.9 Å². The van der Waals surface area contributed by atoms with Crippen molar-refractivity contribution in [3.05, 3.63) is 194 Å². The molecule has 0 radical (unpaired) electrons. The molecule has 0 aliphatic heterocycles. The summed E-state index contributed by atoms with van der Waals surface area (Å²) in [6, 6.07) is 45.7. The minimum atomic E-state index is -0.689. The van der Waals surface area contributed by atoms with E-state index in [1.165, 1.54) is 12.4 Å². The van der Waals surface area contributed by atoms with E-state index in [-0.39, 0.29) is 11.6 Å². The Balaban J connectivity index is 0.000000164. The first-order valence-electron chi connectivity index (χ1n) is 20.4. The molecule has 0 bridgehead atoms. The highest BCUT2D eigenvalue weighted by molar-refractivity contribution is 6.03. The summed E-state index contributed by atoms with van der Waals surface area (Å²) >= 11 is 0. The van der Waals surface area contributed by atoms with Gasteiger partial charge in [0.2, 0.25) is 11.6 Å². The van der Waals surface area contributed by atoms with Crippen molar-refractivity contribution in [2.24, 2.45) is 5.73 Å². The fourth-order valence-corrected chi connectivity index (χ4v) is 7.02. The van der Waals surface area contributed by atoms with Gasteiger partial charge in [-0.2, -0.15) is 5.26 Å². The van der Waals surface area contributed by atoms with Crippen molar-refractivity contribution >= 4 is 39.3 Å². The van der Waals surface area contributed by atoms with E-state index in [2.05, 4.69) is 76.9 Å². The van der Waals surface area contributed by atoms with Gasteiger partial charge in [-0.15, -0.1) is 0 Å². The molecule has 0 saturated carbocycles. The highest BCUT2D eigenvalue weighted by atomic mass is 16.1. The standard InChI is InChI=1S/C25H19N7O.C25H17N7/c26-22(33)25-28-13-17(14-29-25)23-31-20-11-6-10-19(16-7-2-1-3-8-16)21(20)24(32-23)30-15-18-9-4-5-12-27-18;26-13-22-28-14-18(15-29-22)24-31-21-11-6-10-20(17-7-2-1-3-8-17)23(21)25(32-24)30-16-19-9-4-5-12-27-19/h1-14H,15H2,(H2,26,33)(H,30,31,32);1-12,14-15H,16H2,(H,30,31,32). The first-order valence-corrected chi connectivity index (χ1v) is 20.4. The smallest absolute Gasteiger partial charge is 0.286 e. The molecular formula is C50H36N14O. The Kier molecular flexibility index (Phi) is 12.0. The molecule has 10 rings (SSSR count). The molecule has 0 unspecified atom stereocenters. The molecule has 0 aliphatic carbocycles. The van der Waals surface area contributed by atoms with Crippen LogP contribution in [-0.4, -0.2) is 55.7 Å². The van der Waals surface area contributed by atoms with Crippen molar-refractivity contribution in [2.75, 3.05) is 10.6 Å². The van der Waals surface area contributed by atoms with Crippen molar-refractivity contribution in [3.8, 4) is 51.1 Å². The van der Waals surface area contributed by atoms with E-state index in [0.717, 1.165) is 55.4 Å². The lowest BCUT2D eigenvalue weighted by Gasteiger charge is -2.14. The zero-order chi connectivity index (χ0) is 44.4. The molecule has 4 N–H and O–H groups in total. The summed E-state index contributed by atoms with van der Waals surface area (Å²) < 4.78 is 0. The summed E-state index contributed by atoms with van der Waals surface area (Å²) in [4.78, 5) is 55.4. The van der Waals surface area contributed by atoms with Gasteiger partial charge in [-0.25, -0.2) is 39.9 Å². The first-order chi connectivity index (χ1) is 32.0. The molecule has 6 aromatic heterocycles. The average molecular weight is 849 g/mol. The van der Waals surface area contributed by atoms with Gasteiger partial charge < -0.3 is 16.4 Å². The van der Waals surface area contributed by atoms with Crippen LogP contribution in [0.1, 0.15) is 27.8 Å². The molecule has 4 aromatic carbocycles. The number of rotatable bonds is 11. The summed E-state index contributed by atoms with van der Waals surface area (Å²) in [6.07, 6.45) is 9.65. The number of nitriles is 1. The molecular weight excluding hydrogens is 813 g/mol. The Bertz CT molecular complexity index is 3280. The summed E-state index contributed by atoms with van der Waals surface area (Å²) in [7, 11) is 0. The maximum absolute atomic E-state index is 11.3. The van der Waals surface area contributed by atoms with Gasteiger partial charge in [-0.1, -0.05) is 97.1 Å². The van der Waals surface area contributed by atoms with Crippen LogP contribution in [0.4, 0.5) is 11.6 Å². The SMILES string of the molecule is N#Cc1ncc(-c2nc(NCc3ccccn3)c3c(-c4ccccc4)cccc3n2)cn1.NC(=O)c1ncc(-c2nc(NCc3ccccn3)c3c(-c4ccccc4)cccc3n2)cn1. The number of carbonyl (C=O) groups is 1. The number of benzene rings is 4. The molecule has 0 saturated heterocycles. The highest BCUT2D eigenvalue weighted by Gasteiger charge is 2.17. The summed E-state index contributed by atoms with van der Waals surface area (Å²) in [5.74, 6) is 1.64. The predicted octanol–water partition coefficient (Wildman–Crippen LogP) is 8.49.